The average molecular weight is 348 g/mol. The zero-order valence-electron chi connectivity index (χ0n) is 11.9. The molecule has 1 amide bonds. The summed E-state index contributed by atoms with van der Waals surface area (Å²) in [6, 6.07) is 9.38. The van der Waals surface area contributed by atoms with Gasteiger partial charge in [0.05, 0.1) is 20.2 Å². The van der Waals surface area contributed by atoms with Gasteiger partial charge in [-0.15, -0.1) is 0 Å². The molecule has 3 aromatic rings. The number of anilines is 1. The average Bonchev–Trinajstić information content (AvgIpc) is 2.96. The normalized spacial score (nSPS) is 10.7. The largest absolute Gasteiger partial charge is 0.298 e. The molecule has 6 nitrogen and oxygen atoms in total. The van der Waals surface area contributed by atoms with Gasteiger partial charge in [-0.2, -0.15) is 0 Å². The molecule has 0 radical (unpaired) electrons. The molecule has 0 saturated carbocycles. The quantitative estimate of drug-likeness (QED) is 0.561. The molecule has 0 aliphatic carbocycles. The molecule has 0 bridgehead atoms. The number of aryl methyl sites for hydroxylation is 1. The topological polar surface area (TPSA) is 85.1 Å². The molecule has 116 valence electrons. The molecule has 1 heterocycles. The number of aromatic nitrogens is 1. The van der Waals surface area contributed by atoms with Gasteiger partial charge in [-0.1, -0.05) is 41.1 Å². The molecule has 0 aliphatic rings. The van der Waals surface area contributed by atoms with E-state index in [1.54, 1.807) is 12.1 Å². The monoisotopic (exact) mass is 347 g/mol. The molecule has 0 spiro atoms. The Labute approximate surface area is 139 Å². The van der Waals surface area contributed by atoms with Crippen LogP contribution in [0.2, 0.25) is 5.02 Å². The fourth-order valence-electron chi connectivity index (χ4n) is 2.14. The highest BCUT2D eigenvalue weighted by Crippen LogP contribution is 2.34. The highest BCUT2D eigenvalue weighted by atomic mass is 35.5. The Bertz CT molecular complexity index is 900. The number of carbonyl (C=O) groups is 1. The van der Waals surface area contributed by atoms with E-state index in [2.05, 4.69) is 10.3 Å². The number of nitro benzene ring substituents is 1. The van der Waals surface area contributed by atoms with Crippen molar-refractivity contribution in [3.8, 4) is 0 Å². The fourth-order valence-corrected chi connectivity index (χ4v) is 3.36. The Hall–Kier alpha value is -2.51. The van der Waals surface area contributed by atoms with Crippen LogP contribution in [0, 0.1) is 17.0 Å². The van der Waals surface area contributed by atoms with Crippen LogP contribution in [0.3, 0.4) is 0 Å². The van der Waals surface area contributed by atoms with E-state index in [1.807, 2.05) is 13.0 Å². The maximum absolute atomic E-state index is 12.3. The maximum atomic E-state index is 12.3. The Kier molecular flexibility index (Phi) is 3.97. The number of nitrogens with zero attached hydrogens (tertiary/aromatic N) is 2. The second kappa shape index (κ2) is 5.94. The van der Waals surface area contributed by atoms with Crippen LogP contribution in [0.5, 0.6) is 0 Å². The van der Waals surface area contributed by atoms with Gasteiger partial charge >= 0.3 is 0 Å². The zero-order valence-corrected chi connectivity index (χ0v) is 13.4. The van der Waals surface area contributed by atoms with Gasteiger partial charge in [0.1, 0.15) is 5.56 Å². The van der Waals surface area contributed by atoms with E-state index in [-0.39, 0.29) is 11.3 Å². The van der Waals surface area contributed by atoms with Crippen molar-refractivity contribution >= 4 is 49.9 Å². The molecule has 8 heteroatoms. The standard InChI is InChI=1S/C15H10ClN3O3S/c1-8-6-7-10(16)13-12(8)17-15(23-13)18-14(20)9-4-2-3-5-11(9)19(21)22/h2-7H,1H3,(H,17,18,20). The predicted molar refractivity (Wildman–Crippen MR) is 90.4 cm³/mol. The summed E-state index contributed by atoms with van der Waals surface area (Å²) in [5.41, 5.74) is 1.38. The molecule has 0 saturated heterocycles. The number of amides is 1. The Balaban J connectivity index is 1.97. The highest BCUT2D eigenvalue weighted by Gasteiger charge is 2.20. The van der Waals surface area contributed by atoms with E-state index in [4.69, 9.17) is 11.6 Å². The Morgan fingerprint density at radius 2 is 2.04 bits per heavy atom. The minimum atomic E-state index is -0.589. The summed E-state index contributed by atoms with van der Waals surface area (Å²) >= 11 is 7.36. The number of nitro groups is 1. The first-order valence-corrected chi connectivity index (χ1v) is 7.77. The smallest absolute Gasteiger partial charge is 0.282 e. The van der Waals surface area contributed by atoms with E-state index in [0.717, 1.165) is 10.3 Å². The lowest BCUT2D eigenvalue weighted by Crippen LogP contribution is -2.13. The van der Waals surface area contributed by atoms with Crippen LogP contribution in [-0.4, -0.2) is 15.8 Å². The molecule has 0 unspecified atom stereocenters. The van der Waals surface area contributed by atoms with Crippen LogP contribution >= 0.6 is 22.9 Å². The molecule has 1 N–H and O–H groups in total. The summed E-state index contributed by atoms with van der Waals surface area (Å²) in [6.45, 7) is 1.89. The summed E-state index contributed by atoms with van der Waals surface area (Å²) < 4.78 is 0.768. The summed E-state index contributed by atoms with van der Waals surface area (Å²) in [4.78, 5) is 27.1. The number of halogens is 1. The molecule has 0 fully saturated rings. The molecule has 3 rings (SSSR count). The third-order valence-electron chi connectivity index (χ3n) is 3.26. The van der Waals surface area contributed by atoms with Crippen LogP contribution < -0.4 is 5.32 Å². The van der Waals surface area contributed by atoms with Crippen molar-refractivity contribution in [2.75, 3.05) is 5.32 Å². The maximum Gasteiger partial charge on any atom is 0.282 e. The number of rotatable bonds is 3. The predicted octanol–water partition coefficient (Wildman–Crippen LogP) is 4.42. The van der Waals surface area contributed by atoms with E-state index in [1.165, 1.54) is 29.5 Å². The third kappa shape index (κ3) is 2.88. The second-order valence-corrected chi connectivity index (χ2v) is 6.20. The molecule has 23 heavy (non-hydrogen) atoms. The van der Waals surface area contributed by atoms with Crippen LogP contribution in [0.1, 0.15) is 15.9 Å². The van der Waals surface area contributed by atoms with Gasteiger partial charge in [0.25, 0.3) is 11.6 Å². The number of fused-ring (bicyclic) bond motifs is 1. The number of hydrogen-bond donors (Lipinski definition) is 1. The van der Waals surface area contributed by atoms with Crippen LogP contribution in [0.25, 0.3) is 10.2 Å². The van der Waals surface area contributed by atoms with E-state index in [9.17, 15) is 14.9 Å². The SMILES string of the molecule is Cc1ccc(Cl)c2sc(NC(=O)c3ccccc3[N+](=O)[O-])nc12. The van der Waals surface area contributed by atoms with E-state index >= 15 is 0 Å². The van der Waals surface area contributed by atoms with Gasteiger partial charge < -0.3 is 0 Å². The Morgan fingerprint density at radius 1 is 1.30 bits per heavy atom. The van der Waals surface area contributed by atoms with Crippen LogP contribution in [0.15, 0.2) is 36.4 Å². The van der Waals surface area contributed by atoms with Gasteiger partial charge in [0.15, 0.2) is 5.13 Å². The van der Waals surface area contributed by atoms with Gasteiger partial charge in [-0.05, 0) is 24.6 Å². The molecule has 2 aromatic carbocycles. The summed E-state index contributed by atoms with van der Waals surface area (Å²) in [5.74, 6) is -0.579. The van der Waals surface area contributed by atoms with Gasteiger partial charge in [0.2, 0.25) is 0 Å². The van der Waals surface area contributed by atoms with Gasteiger partial charge in [-0.25, -0.2) is 4.98 Å². The van der Waals surface area contributed by atoms with Crippen molar-refractivity contribution in [2.24, 2.45) is 0 Å². The minimum absolute atomic E-state index is 0.0143. The van der Waals surface area contributed by atoms with Gasteiger partial charge in [0, 0.05) is 6.07 Å². The molecule has 0 aliphatic heterocycles. The van der Waals surface area contributed by atoms with Crippen molar-refractivity contribution < 1.29 is 9.72 Å². The Morgan fingerprint density at radius 3 is 2.74 bits per heavy atom. The van der Waals surface area contributed by atoms with Crippen molar-refractivity contribution in [2.45, 2.75) is 6.92 Å². The first kappa shape index (κ1) is 15.4. The van der Waals surface area contributed by atoms with E-state index < -0.39 is 10.8 Å². The van der Waals surface area contributed by atoms with Crippen LogP contribution in [0.4, 0.5) is 10.8 Å². The summed E-state index contributed by atoms with van der Waals surface area (Å²) in [5, 5.41) is 14.5. The lowest BCUT2D eigenvalue weighted by Gasteiger charge is -2.02. The number of hydrogen-bond acceptors (Lipinski definition) is 5. The highest BCUT2D eigenvalue weighted by molar-refractivity contribution is 7.23. The zero-order chi connectivity index (χ0) is 16.6. The number of benzene rings is 2. The molecular weight excluding hydrogens is 338 g/mol. The lowest BCUT2D eigenvalue weighted by molar-refractivity contribution is -0.385. The van der Waals surface area contributed by atoms with Gasteiger partial charge in [-0.3, -0.25) is 20.2 Å². The lowest BCUT2D eigenvalue weighted by atomic mass is 10.1. The molecular formula is C15H10ClN3O3S. The number of thiazole rings is 1. The van der Waals surface area contributed by atoms with Crippen molar-refractivity contribution in [1.29, 1.82) is 0 Å². The van der Waals surface area contributed by atoms with Crippen molar-refractivity contribution in [3.63, 3.8) is 0 Å². The minimum Gasteiger partial charge on any atom is -0.298 e. The molecule has 0 atom stereocenters. The number of nitrogens with one attached hydrogen (secondary N) is 1. The van der Waals surface area contributed by atoms with E-state index in [0.29, 0.717) is 15.7 Å². The fraction of sp³-hybridized carbons (Fsp3) is 0.0667. The van der Waals surface area contributed by atoms with Crippen molar-refractivity contribution in [1.82, 2.24) is 4.98 Å². The second-order valence-electron chi connectivity index (χ2n) is 4.79. The number of carbonyl (C=O) groups excluding carboxylic acids is 1. The third-order valence-corrected chi connectivity index (χ3v) is 4.69. The first-order valence-electron chi connectivity index (χ1n) is 6.58. The van der Waals surface area contributed by atoms with Crippen molar-refractivity contribution in [3.05, 3.63) is 62.7 Å². The summed E-state index contributed by atoms with van der Waals surface area (Å²) in [7, 11) is 0. The summed E-state index contributed by atoms with van der Waals surface area (Å²) in [6.07, 6.45) is 0. The number of para-hydroxylation sites is 1. The molecule has 1 aromatic heterocycles. The first-order chi connectivity index (χ1) is 11.0. The van der Waals surface area contributed by atoms with Crippen LogP contribution in [-0.2, 0) is 0 Å².